The van der Waals surface area contributed by atoms with Gasteiger partial charge in [-0.05, 0) is 24.7 Å². The molecule has 2 fully saturated rings. The highest BCUT2D eigenvalue weighted by molar-refractivity contribution is 9.10. The molecule has 0 spiro atoms. The second-order valence-electron chi connectivity index (χ2n) is 5.72. The van der Waals surface area contributed by atoms with Gasteiger partial charge >= 0.3 is 0 Å². The van der Waals surface area contributed by atoms with E-state index >= 15 is 0 Å². The van der Waals surface area contributed by atoms with Crippen LogP contribution < -0.4 is 0 Å². The monoisotopic (exact) mass is 302 g/mol. The van der Waals surface area contributed by atoms with Crippen molar-refractivity contribution in [3.05, 3.63) is 0 Å². The second-order valence-corrected chi connectivity index (χ2v) is 6.70. The van der Waals surface area contributed by atoms with E-state index < -0.39 is 0 Å². The van der Waals surface area contributed by atoms with Crippen LogP contribution in [0.4, 0.5) is 0 Å². The molecule has 1 amide bonds. The van der Waals surface area contributed by atoms with Crippen LogP contribution >= 0.6 is 15.9 Å². The molecule has 1 saturated carbocycles. The van der Waals surface area contributed by atoms with Gasteiger partial charge in [-0.1, -0.05) is 29.8 Å². The third-order valence-corrected chi connectivity index (χ3v) is 5.17. The summed E-state index contributed by atoms with van der Waals surface area (Å²) in [5.41, 5.74) is 0. The summed E-state index contributed by atoms with van der Waals surface area (Å²) in [5, 5.41) is 0. The van der Waals surface area contributed by atoms with Crippen molar-refractivity contribution < 1.29 is 4.79 Å². The predicted molar refractivity (Wildman–Crippen MR) is 73.3 cm³/mol. The van der Waals surface area contributed by atoms with Crippen LogP contribution in [-0.2, 0) is 4.79 Å². The number of piperazine rings is 1. The molecule has 4 heteroatoms. The molecule has 0 bridgehead atoms. The summed E-state index contributed by atoms with van der Waals surface area (Å²) in [5.74, 6) is 1.59. The summed E-state index contributed by atoms with van der Waals surface area (Å²) in [7, 11) is 0. The van der Waals surface area contributed by atoms with Gasteiger partial charge in [-0.25, -0.2) is 0 Å². The molecular formula is C13H23BrN2O. The average molecular weight is 303 g/mol. The average Bonchev–Trinajstić information content (AvgIpc) is 3.12. The summed E-state index contributed by atoms with van der Waals surface area (Å²) >= 11 is 3.50. The van der Waals surface area contributed by atoms with E-state index in [4.69, 9.17) is 0 Å². The minimum absolute atomic E-state index is 0.0162. The number of rotatable bonds is 4. The van der Waals surface area contributed by atoms with Crippen molar-refractivity contribution in [1.29, 1.82) is 0 Å². The van der Waals surface area contributed by atoms with Gasteiger partial charge in [0.1, 0.15) is 0 Å². The zero-order valence-corrected chi connectivity index (χ0v) is 12.4. The Balaban J connectivity index is 1.75. The minimum atomic E-state index is -0.0162. The number of nitrogens with zero attached hydrogens (tertiary/aromatic N) is 2. The molecule has 0 aromatic rings. The number of hydrogen-bond acceptors (Lipinski definition) is 2. The fourth-order valence-electron chi connectivity index (χ4n) is 2.28. The highest BCUT2D eigenvalue weighted by atomic mass is 79.9. The summed E-state index contributed by atoms with van der Waals surface area (Å²) in [6.07, 6.45) is 2.83. The van der Waals surface area contributed by atoms with Gasteiger partial charge < -0.3 is 4.90 Å². The molecule has 98 valence electrons. The Hall–Kier alpha value is -0.0900. The van der Waals surface area contributed by atoms with E-state index in [0.717, 1.165) is 32.1 Å². The van der Waals surface area contributed by atoms with Gasteiger partial charge in [0, 0.05) is 32.7 Å². The Labute approximate surface area is 113 Å². The first-order valence-electron chi connectivity index (χ1n) is 6.73. The number of halogens is 1. The Morgan fingerprint density at radius 2 is 1.82 bits per heavy atom. The number of amides is 1. The molecule has 1 aliphatic carbocycles. The molecule has 17 heavy (non-hydrogen) atoms. The van der Waals surface area contributed by atoms with E-state index in [1.165, 1.54) is 19.4 Å². The van der Waals surface area contributed by atoms with Crippen LogP contribution in [0.1, 0.15) is 26.7 Å². The van der Waals surface area contributed by atoms with Gasteiger partial charge in [0.2, 0.25) is 5.91 Å². The lowest BCUT2D eigenvalue weighted by Crippen LogP contribution is -2.51. The van der Waals surface area contributed by atoms with E-state index in [-0.39, 0.29) is 10.7 Å². The maximum absolute atomic E-state index is 12.1. The Morgan fingerprint density at radius 3 is 2.29 bits per heavy atom. The third kappa shape index (κ3) is 3.68. The van der Waals surface area contributed by atoms with Crippen LogP contribution in [0, 0.1) is 11.8 Å². The van der Waals surface area contributed by atoms with Crippen LogP contribution in [0.3, 0.4) is 0 Å². The lowest BCUT2D eigenvalue weighted by atomic mass is 10.1. The van der Waals surface area contributed by atoms with E-state index in [1.807, 2.05) is 4.90 Å². The molecule has 0 radical (unpaired) electrons. The van der Waals surface area contributed by atoms with Gasteiger partial charge in [-0.15, -0.1) is 0 Å². The second kappa shape index (κ2) is 5.70. The van der Waals surface area contributed by atoms with E-state index in [9.17, 15) is 4.79 Å². The molecule has 2 rings (SSSR count). The van der Waals surface area contributed by atoms with Crippen LogP contribution in [0.5, 0.6) is 0 Å². The molecule has 1 unspecified atom stereocenters. The van der Waals surface area contributed by atoms with Crippen LogP contribution in [0.15, 0.2) is 0 Å². The van der Waals surface area contributed by atoms with Gasteiger partial charge in [0.05, 0.1) is 4.83 Å². The number of carbonyl (C=O) groups excluding carboxylic acids is 1. The summed E-state index contributed by atoms with van der Waals surface area (Å²) in [4.78, 5) is 16.7. The molecular weight excluding hydrogens is 280 g/mol. The van der Waals surface area contributed by atoms with Crippen molar-refractivity contribution in [2.24, 2.45) is 11.8 Å². The van der Waals surface area contributed by atoms with Gasteiger partial charge in [-0.3, -0.25) is 9.69 Å². The summed E-state index contributed by atoms with van der Waals surface area (Å²) in [6.45, 7) is 9.34. The molecule has 1 saturated heterocycles. The molecule has 0 N–H and O–H groups in total. The summed E-state index contributed by atoms with van der Waals surface area (Å²) < 4.78 is 0. The van der Waals surface area contributed by atoms with Crippen molar-refractivity contribution in [3.63, 3.8) is 0 Å². The van der Waals surface area contributed by atoms with Gasteiger partial charge in [0.25, 0.3) is 0 Å². The van der Waals surface area contributed by atoms with E-state index in [0.29, 0.717) is 5.92 Å². The normalized spacial score (nSPS) is 24.1. The standard InChI is InChI=1S/C13H23BrN2O/c1-10(2)12(14)13(17)16-7-5-15(6-8-16)9-11-3-4-11/h10-12H,3-9H2,1-2H3. The van der Waals surface area contributed by atoms with Crippen molar-refractivity contribution in [2.75, 3.05) is 32.7 Å². The first-order chi connectivity index (χ1) is 8.08. The Bertz CT molecular complexity index is 271. The SMILES string of the molecule is CC(C)C(Br)C(=O)N1CCN(CC2CC2)CC1. The maximum atomic E-state index is 12.1. The van der Waals surface area contributed by atoms with Crippen LogP contribution in [-0.4, -0.2) is 53.3 Å². The first-order valence-corrected chi connectivity index (χ1v) is 7.64. The Morgan fingerprint density at radius 1 is 1.24 bits per heavy atom. The van der Waals surface area contributed by atoms with Crippen molar-refractivity contribution in [1.82, 2.24) is 9.80 Å². The van der Waals surface area contributed by atoms with Crippen molar-refractivity contribution in [2.45, 2.75) is 31.5 Å². The molecule has 2 aliphatic rings. The Kier molecular flexibility index (Phi) is 4.47. The van der Waals surface area contributed by atoms with Crippen molar-refractivity contribution >= 4 is 21.8 Å². The highest BCUT2D eigenvalue weighted by Crippen LogP contribution is 2.30. The zero-order valence-electron chi connectivity index (χ0n) is 10.9. The fraction of sp³-hybridized carbons (Fsp3) is 0.923. The van der Waals surface area contributed by atoms with Gasteiger partial charge in [-0.2, -0.15) is 0 Å². The molecule has 1 aliphatic heterocycles. The lowest BCUT2D eigenvalue weighted by molar-refractivity contribution is -0.132. The molecule has 0 aromatic carbocycles. The molecule has 3 nitrogen and oxygen atoms in total. The summed E-state index contributed by atoms with van der Waals surface area (Å²) in [6, 6.07) is 0. The largest absolute Gasteiger partial charge is 0.339 e. The molecule has 1 atom stereocenters. The molecule has 0 aromatic heterocycles. The number of alkyl halides is 1. The third-order valence-electron chi connectivity index (χ3n) is 3.72. The lowest BCUT2D eigenvalue weighted by Gasteiger charge is -2.36. The fourth-order valence-corrected chi connectivity index (χ4v) is 2.57. The number of hydrogen-bond donors (Lipinski definition) is 0. The zero-order chi connectivity index (χ0) is 12.4. The van der Waals surface area contributed by atoms with Gasteiger partial charge in [0.15, 0.2) is 0 Å². The number of carbonyl (C=O) groups is 1. The quantitative estimate of drug-likeness (QED) is 0.741. The predicted octanol–water partition coefficient (Wildman–Crippen LogP) is 1.96. The highest BCUT2D eigenvalue weighted by Gasteiger charge is 2.30. The van der Waals surface area contributed by atoms with E-state index in [2.05, 4.69) is 34.7 Å². The minimum Gasteiger partial charge on any atom is -0.339 e. The van der Waals surface area contributed by atoms with E-state index in [1.54, 1.807) is 0 Å². The van der Waals surface area contributed by atoms with Crippen molar-refractivity contribution in [3.8, 4) is 0 Å². The topological polar surface area (TPSA) is 23.6 Å². The maximum Gasteiger partial charge on any atom is 0.236 e. The first kappa shape index (κ1) is 13.3. The van der Waals surface area contributed by atoms with Crippen LogP contribution in [0.25, 0.3) is 0 Å². The smallest absolute Gasteiger partial charge is 0.236 e. The van der Waals surface area contributed by atoms with Crippen LogP contribution in [0.2, 0.25) is 0 Å². The molecule has 1 heterocycles.